The summed E-state index contributed by atoms with van der Waals surface area (Å²) in [4.78, 5) is 18.2. The van der Waals surface area contributed by atoms with Crippen molar-refractivity contribution in [2.24, 2.45) is 5.92 Å². The molecule has 0 bridgehead atoms. The fraction of sp³-hybridized carbons (Fsp3) is 0.467. The summed E-state index contributed by atoms with van der Waals surface area (Å²) in [6.07, 6.45) is 3.14. The van der Waals surface area contributed by atoms with Crippen molar-refractivity contribution in [3.05, 3.63) is 28.3 Å². The summed E-state index contributed by atoms with van der Waals surface area (Å²) in [5.41, 5.74) is 1.23. The second-order valence-corrected chi connectivity index (χ2v) is 6.60. The Hall–Kier alpha value is -1.66. The second kappa shape index (κ2) is 5.61. The van der Waals surface area contributed by atoms with Crippen molar-refractivity contribution in [3.8, 4) is 11.5 Å². The van der Waals surface area contributed by atoms with E-state index in [1.54, 1.807) is 29.4 Å². The minimum absolute atomic E-state index is 0.142. The number of rotatable bonds is 5. The van der Waals surface area contributed by atoms with Gasteiger partial charge in [-0.05, 0) is 31.7 Å². The highest BCUT2D eigenvalue weighted by Crippen LogP contribution is 2.33. The molecule has 1 saturated carbocycles. The van der Waals surface area contributed by atoms with Gasteiger partial charge in [0.2, 0.25) is 0 Å². The maximum absolute atomic E-state index is 12.3. The Morgan fingerprint density at radius 1 is 1.62 bits per heavy atom. The normalized spacial score (nSPS) is 16.0. The molecule has 2 aromatic rings. The van der Waals surface area contributed by atoms with Crippen LogP contribution in [0.3, 0.4) is 0 Å². The van der Waals surface area contributed by atoms with E-state index in [1.807, 2.05) is 12.3 Å². The summed E-state index contributed by atoms with van der Waals surface area (Å²) in [6.45, 7) is 2.29. The zero-order valence-corrected chi connectivity index (χ0v) is 12.9. The van der Waals surface area contributed by atoms with Crippen molar-refractivity contribution in [1.82, 2.24) is 9.88 Å². The summed E-state index contributed by atoms with van der Waals surface area (Å²) in [5, 5.41) is 12.8. The van der Waals surface area contributed by atoms with Crippen LogP contribution in [-0.2, 0) is 0 Å². The Kier molecular flexibility index (Phi) is 3.82. The molecular weight excluding hydrogens is 288 g/mol. The maximum Gasteiger partial charge on any atom is 0.256 e. The summed E-state index contributed by atoms with van der Waals surface area (Å²) >= 11 is 1.54. The number of thiazole rings is 1. The first-order valence-electron chi connectivity index (χ1n) is 6.99. The lowest BCUT2D eigenvalue weighted by Gasteiger charge is -2.19. The van der Waals surface area contributed by atoms with Gasteiger partial charge in [0, 0.05) is 19.0 Å². The zero-order valence-electron chi connectivity index (χ0n) is 12.1. The monoisotopic (exact) mass is 306 g/mol. The first-order valence-corrected chi connectivity index (χ1v) is 7.87. The van der Waals surface area contributed by atoms with Crippen molar-refractivity contribution in [2.45, 2.75) is 25.9 Å². The molecule has 0 spiro atoms. The molecule has 3 rings (SSSR count). The summed E-state index contributed by atoms with van der Waals surface area (Å²) in [5.74, 6) is 0.814. The van der Waals surface area contributed by atoms with E-state index in [9.17, 15) is 9.90 Å². The average Bonchev–Trinajstić information content (AvgIpc) is 3.04. The van der Waals surface area contributed by atoms with Crippen molar-refractivity contribution in [3.63, 3.8) is 0 Å². The number of carbonyl (C=O) groups excluding carboxylic acids is 1. The van der Waals surface area contributed by atoms with Gasteiger partial charge in [0.15, 0.2) is 5.76 Å². The highest BCUT2D eigenvalue weighted by Gasteiger charge is 2.31. The molecule has 5 nitrogen and oxygen atoms in total. The molecule has 1 fully saturated rings. The smallest absolute Gasteiger partial charge is 0.256 e. The van der Waals surface area contributed by atoms with E-state index < -0.39 is 6.10 Å². The zero-order chi connectivity index (χ0) is 15.0. The molecular formula is C15H18N2O3S. The standard InChI is InChI=1S/C15H18N2O3S/c1-9-16-12(8-21-9)14-5-11(7-20-14)15(19)17(2)6-13(18)10-3-4-10/h5,7-8,10,13,18H,3-4,6H2,1-2H3. The van der Waals surface area contributed by atoms with Crippen LogP contribution in [0, 0.1) is 12.8 Å². The molecule has 0 aliphatic heterocycles. The first kappa shape index (κ1) is 14.3. The molecule has 1 N–H and O–H groups in total. The predicted octanol–water partition coefficient (Wildman–Crippen LogP) is 2.55. The van der Waals surface area contributed by atoms with Gasteiger partial charge in [-0.3, -0.25) is 4.79 Å². The van der Waals surface area contributed by atoms with Crippen LogP contribution in [0.5, 0.6) is 0 Å². The van der Waals surface area contributed by atoms with Gasteiger partial charge < -0.3 is 14.4 Å². The van der Waals surface area contributed by atoms with Gasteiger partial charge in [-0.25, -0.2) is 4.98 Å². The topological polar surface area (TPSA) is 66.6 Å². The number of hydrogen-bond donors (Lipinski definition) is 1. The molecule has 0 saturated heterocycles. The Bertz CT molecular complexity index is 645. The minimum atomic E-state index is -0.425. The molecule has 6 heteroatoms. The number of aromatic nitrogens is 1. The third-order valence-corrected chi connectivity index (χ3v) is 4.47. The van der Waals surface area contributed by atoms with Gasteiger partial charge in [0.25, 0.3) is 5.91 Å². The number of furan rings is 1. The number of hydrogen-bond acceptors (Lipinski definition) is 5. The first-order chi connectivity index (χ1) is 10.0. The molecule has 0 radical (unpaired) electrons. The van der Waals surface area contributed by atoms with Crippen LogP contribution in [-0.4, -0.2) is 40.6 Å². The molecule has 112 valence electrons. The Balaban J connectivity index is 1.68. The number of aryl methyl sites for hydroxylation is 1. The van der Waals surface area contributed by atoms with E-state index in [4.69, 9.17) is 4.42 Å². The van der Waals surface area contributed by atoms with E-state index >= 15 is 0 Å². The lowest BCUT2D eigenvalue weighted by molar-refractivity contribution is 0.0645. The molecule has 0 aromatic carbocycles. The number of carbonyl (C=O) groups is 1. The third kappa shape index (κ3) is 3.16. The van der Waals surface area contributed by atoms with Gasteiger partial charge in [-0.1, -0.05) is 0 Å². The van der Waals surface area contributed by atoms with Crippen LogP contribution in [0.4, 0.5) is 0 Å². The van der Waals surface area contributed by atoms with Gasteiger partial charge in [-0.15, -0.1) is 11.3 Å². The Morgan fingerprint density at radius 3 is 3.00 bits per heavy atom. The van der Waals surface area contributed by atoms with Crippen LogP contribution in [0.2, 0.25) is 0 Å². The molecule has 2 heterocycles. The van der Waals surface area contributed by atoms with E-state index in [-0.39, 0.29) is 5.91 Å². The number of aliphatic hydroxyl groups is 1. The fourth-order valence-electron chi connectivity index (χ4n) is 2.27. The quantitative estimate of drug-likeness (QED) is 0.922. The molecule has 1 unspecified atom stereocenters. The Labute approximate surface area is 127 Å². The van der Waals surface area contributed by atoms with Gasteiger partial charge in [-0.2, -0.15) is 0 Å². The van der Waals surface area contributed by atoms with Gasteiger partial charge >= 0.3 is 0 Å². The number of aliphatic hydroxyl groups excluding tert-OH is 1. The van der Waals surface area contributed by atoms with E-state index in [0.717, 1.165) is 23.5 Å². The summed E-state index contributed by atoms with van der Waals surface area (Å²) < 4.78 is 5.43. The van der Waals surface area contributed by atoms with Crippen LogP contribution in [0.25, 0.3) is 11.5 Å². The van der Waals surface area contributed by atoms with Crippen LogP contribution < -0.4 is 0 Å². The fourth-order valence-corrected chi connectivity index (χ4v) is 2.88. The second-order valence-electron chi connectivity index (χ2n) is 5.54. The SMILES string of the molecule is Cc1nc(-c2cc(C(=O)N(C)CC(O)C3CC3)co2)cs1. The summed E-state index contributed by atoms with van der Waals surface area (Å²) in [6, 6.07) is 1.71. The molecule has 1 aliphatic carbocycles. The number of amides is 1. The van der Waals surface area contributed by atoms with E-state index in [2.05, 4.69) is 4.98 Å². The lowest BCUT2D eigenvalue weighted by Crippen LogP contribution is -2.35. The van der Waals surface area contributed by atoms with Crippen molar-refractivity contribution in [1.29, 1.82) is 0 Å². The van der Waals surface area contributed by atoms with Crippen molar-refractivity contribution < 1.29 is 14.3 Å². The summed E-state index contributed by atoms with van der Waals surface area (Å²) in [7, 11) is 1.70. The highest BCUT2D eigenvalue weighted by molar-refractivity contribution is 7.09. The van der Waals surface area contributed by atoms with Crippen molar-refractivity contribution in [2.75, 3.05) is 13.6 Å². The number of likely N-dealkylation sites (N-methyl/N-ethyl adjacent to an activating group) is 1. The van der Waals surface area contributed by atoms with Crippen LogP contribution >= 0.6 is 11.3 Å². The molecule has 21 heavy (non-hydrogen) atoms. The highest BCUT2D eigenvalue weighted by atomic mass is 32.1. The molecule has 1 aliphatic rings. The predicted molar refractivity (Wildman–Crippen MR) is 80.2 cm³/mol. The Morgan fingerprint density at radius 2 is 2.38 bits per heavy atom. The van der Waals surface area contributed by atoms with Gasteiger partial charge in [0.05, 0.1) is 16.7 Å². The van der Waals surface area contributed by atoms with Gasteiger partial charge in [0.1, 0.15) is 12.0 Å². The van der Waals surface area contributed by atoms with Crippen LogP contribution in [0.1, 0.15) is 28.2 Å². The van der Waals surface area contributed by atoms with Crippen molar-refractivity contribution >= 4 is 17.2 Å². The van der Waals surface area contributed by atoms with E-state index in [0.29, 0.717) is 23.8 Å². The molecule has 2 aromatic heterocycles. The largest absolute Gasteiger partial charge is 0.462 e. The minimum Gasteiger partial charge on any atom is -0.462 e. The molecule has 1 amide bonds. The van der Waals surface area contributed by atoms with E-state index in [1.165, 1.54) is 6.26 Å². The van der Waals surface area contributed by atoms with Crippen LogP contribution in [0.15, 0.2) is 22.1 Å². The molecule has 1 atom stereocenters. The lowest BCUT2D eigenvalue weighted by atomic mass is 10.2. The average molecular weight is 306 g/mol. The number of nitrogens with zero attached hydrogens (tertiary/aromatic N) is 2. The maximum atomic E-state index is 12.3. The third-order valence-electron chi connectivity index (χ3n) is 3.69.